The molecule has 158 valence electrons. The van der Waals surface area contributed by atoms with Crippen molar-refractivity contribution in [3.8, 4) is 28.6 Å². The number of thioether (sulfide) groups is 1. The van der Waals surface area contributed by atoms with Crippen LogP contribution >= 0.6 is 27.7 Å². The van der Waals surface area contributed by atoms with E-state index in [1.807, 2.05) is 48.5 Å². The van der Waals surface area contributed by atoms with Crippen molar-refractivity contribution in [2.45, 2.75) is 12.1 Å². The molecule has 0 N–H and O–H groups in total. The molecule has 0 fully saturated rings. The molecule has 0 unspecified atom stereocenters. The molecule has 0 radical (unpaired) electrons. The predicted molar refractivity (Wildman–Crippen MR) is 128 cm³/mol. The van der Waals surface area contributed by atoms with Gasteiger partial charge in [-0.05, 0) is 55.5 Å². The summed E-state index contributed by atoms with van der Waals surface area (Å²) in [7, 11) is 1.66. The Bertz CT molecular complexity index is 1140. The van der Waals surface area contributed by atoms with Crippen molar-refractivity contribution < 1.29 is 9.47 Å². The fraction of sp³-hybridized carbons (Fsp3) is 0.167. The molecule has 4 aromatic rings. The van der Waals surface area contributed by atoms with Crippen molar-refractivity contribution in [1.29, 1.82) is 0 Å². The molecule has 0 aliphatic rings. The summed E-state index contributed by atoms with van der Waals surface area (Å²) in [4.78, 5) is 0. The molecule has 0 spiro atoms. The van der Waals surface area contributed by atoms with Crippen LogP contribution in [0.2, 0.25) is 0 Å². The molecule has 0 saturated heterocycles. The quantitative estimate of drug-likeness (QED) is 0.215. The van der Waals surface area contributed by atoms with E-state index < -0.39 is 0 Å². The van der Waals surface area contributed by atoms with Gasteiger partial charge in [0, 0.05) is 21.5 Å². The Morgan fingerprint density at radius 3 is 2.45 bits per heavy atom. The lowest BCUT2D eigenvalue weighted by Crippen LogP contribution is -2.03. The highest BCUT2D eigenvalue weighted by atomic mass is 79.9. The number of rotatable bonds is 8. The molecule has 0 saturated carbocycles. The fourth-order valence-electron chi connectivity index (χ4n) is 3.06. The summed E-state index contributed by atoms with van der Waals surface area (Å²) < 4.78 is 14.4. The second-order valence-electron chi connectivity index (χ2n) is 6.86. The van der Waals surface area contributed by atoms with Crippen LogP contribution in [0.15, 0.2) is 82.4 Å². The van der Waals surface area contributed by atoms with Crippen LogP contribution in [0.4, 0.5) is 0 Å². The maximum atomic E-state index is 5.85. The standard InChI is InChI=1S/C24H22BrN3O2S/c1-17-6-10-20(11-7-17)28-23(18-4-3-5-22(16-18)29-2)26-27-24(28)31-15-14-30-21-12-8-19(25)9-13-21/h3-13,16H,14-15H2,1-2H3. The van der Waals surface area contributed by atoms with E-state index in [1.54, 1.807) is 18.9 Å². The van der Waals surface area contributed by atoms with E-state index >= 15 is 0 Å². The zero-order valence-corrected chi connectivity index (χ0v) is 19.7. The fourth-order valence-corrected chi connectivity index (χ4v) is 4.10. The first-order valence-electron chi connectivity index (χ1n) is 9.82. The maximum Gasteiger partial charge on any atom is 0.196 e. The highest BCUT2D eigenvalue weighted by Gasteiger charge is 2.16. The van der Waals surface area contributed by atoms with Crippen LogP contribution < -0.4 is 9.47 Å². The molecule has 1 heterocycles. The monoisotopic (exact) mass is 495 g/mol. The summed E-state index contributed by atoms with van der Waals surface area (Å²) in [6.07, 6.45) is 0. The Labute approximate surface area is 194 Å². The smallest absolute Gasteiger partial charge is 0.196 e. The molecule has 0 bridgehead atoms. The molecular formula is C24H22BrN3O2S. The highest BCUT2D eigenvalue weighted by Crippen LogP contribution is 2.30. The van der Waals surface area contributed by atoms with Crippen molar-refractivity contribution in [3.63, 3.8) is 0 Å². The van der Waals surface area contributed by atoms with Crippen LogP contribution in [-0.2, 0) is 0 Å². The number of hydrogen-bond donors (Lipinski definition) is 0. The number of methoxy groups -OCH3 is 1. The Morgan fingerprint density at radius 1 is 0.935 bits per heavy atom. The number of aromatic nitrogens is 3. The molecule has 0 atom stereocenters. The minimum Gasteiger partial charge on any atom is -0.497 e. The molecule has 1 aromatic heterocycles. The largest absolute Gasteiger partial charge is 0.497 e. The van der Waals surface area contributed by atoms with Crippen LogP contribution in [0.1, 0.15) is 5.56 Å². The predicted octanol–water partition coefficient (Wildman–Crippen LogP) is 6.18. The van der Waals surface area contributed by atoms with E-state index in [-0.39, 0.29) is 0 Å². The first-order chi connectivity index (χ1) is 15.1. The van der Waals surface area contributed by atoms with Crippen LogP contribution in [0.3, 0.4) is 0 Å². The minimum atomic E-state index is 0.571. The van der Waals surface area contributed by atoms with Crippen LogP contribution in [0.25, 0.3) is 17.1 Å². The zero-order valence-electron chi connectivity index (χ0n) is 17.3. The molecule has 3 aromatic carbocycles. The third-order valence-electron chi connectivity index (χ3n) is 4.65. The lowest BCUT2D eigenvalue weighted by Gasteiger charge is -2.12. The Hall–Kier alpha value is -2.77. The van der Waals surface area contributed by atoms with Gasteiger partial charge in [0.1, 0.15) is 11.5 Å². The summed E-state index contributed by atoms with van der Waals surface area (Å²) in [6, 6.07) is 24.1. The molecular weight excluding hydrogens is 474 g/mol. The third kappa shape index (κ3) is 5.29. The molecule has 4 rings (SSSR count). The molecule has 0 amide bonds. The van der Waals surface area contributed by atoms with Crippen molar-refractivity contribution in [2.75, 3.05) is 19.5 Å². The van der Waals surface area contributed by atoms with Gasteiger partial charge in [-0.15, -0.1) is 10.2 Å². The van der Waals surface area contributed by atoms with Gasteiger partial charge in [0.15, 0.2) is 11.0 Å². The number of nitrogens with zero attached hydrogens (tertiary/aromatic N) is 3. The van der Waals surface area contributed by atoms with Gasteiger partial charge >= 0.3 is 0 Å². The van der Waals surface area contributed by atoms with Crippen LogP contribution in [0, 0.1) is 6.92 Å². The lowest BCUT2D eigenvalue weighted by atomic mass is 10.2. The number of ether oxygens (including phenoxy) is 2. The van der Waals surface area contributed by atoms with Gasteiger partial charge < -0.3 is 9.47 Å². The average Bonchev–Trinajstić information content (AvgIpc) is 3.22. The van der Waals surface area contributed by atoms with E-state index in [2.05, 4.69) is 61.9 Å². The Balaban J connectivity index is 1.57. The van der Waals surface area contributed by atoms with E-state index in [4.69, 9.17) is 9.47 Å². The van der Waals surface area contributed by atoms with E-state index in [0.717, 1.165) is 44.0 Å². The molecule has 5 nitrogen and oxygen atoms in total. The normalized spacial score (nSPS) is 10.8. The molecule has 7 heteroatoms. The van der Waals surface area contributed by atoms with E-state index in [9.17, 15) is 0 Å². The minimum absolute atomic E-state index is 0.571. The third-order valence-corrected chi connectivity index (χ3v) is 6.07. The summed E-state index contributed by atoms with van der Waals surface area (Å²) in [6.45, 7) is 2.65. The van der Waals surface area contributed by atoms with E-state index in [0.29, 0.717) is 6.61 Å². The van der Waals surface area contributed by atoms with Gasteiger partial charge in [0.25, 0.3) is 0 Å². The van der Waals surface area contributed by atoms with Gasteiger partial charge in [-0.1, -0.05) is 57.5 Å². The van der Waals surface area contributed by atoms with Gasteiger partial charge in [-0.2, -0.15) is 0 Å². The SMILES string of the molecule is COc1cccc(-c2nnc(SCCOc3ccc(Br)cc3)n2-c2ccc(C)cc2)c1. The first kappa shape index (κ1) is 21.5. The second kappa shape index (κ2) is 10.0. The second-order valence-corrected chi connectivity index (χ2v) is 8.84. The average molecular weight is 496 g/mol. The summed E-state index contributed by atoms with van der Waals surface area (Å²) in [5.41, 5.74) is 3.17. The van der Waals surface area contributed by atoms with Crippen molar-refractivity contribution in [3.05, 3.63) is 82.8 Å². The first-order valence-corrected chi connectivity index (χ1v) is 11.6. The number of hydrogen-bond acceptors (Lipinski definition) is 5. The Morgan fingerprint density at radius 2 is 1.71 bits per heavy atom. The molecule has 0 aliphatic heterocycles. The molecule has 31 heavy (non-hydrogen) atoms. The van der Waals surface area contributed by atoms with Crippen molar-refractivity contribution in [1.82, 2.24) is 14.8 Å². The zero-order chi connectivity index (χ0) is 21.6. The number of benzene rings is 3. The summed E-state index contributed by atoms with van der Waals surface area (Å²) >= 11 is 5.06. The number of halogens is 1. The maximum absolute atomic E-state index is 5.85. The van der Waals surface area contributed by atoms with Gasteiger partial charge in [0.2, 0.25) is 0 Å². The summed E-state index contributed by atoms with van der Waals surface area (Å²) in [5, 5.41) is 9.79. The van der Waals surface area contributed by atoms with Crippen LogP contribution in [-0.4, -0.2) is 34.2 Å². The van der Waals surface area contributed by atoms with Gasteiger partial charge in [-0.3, -0.25) is 4.57 Å². The highest BCUT2D eigenvalue weighted by molar-refractivity contribution is 9.10. The Kier molecular flexibility index (Phi) is 6.94. The lowest BCUT2D eigenvalue weighted by molar-refractivity contribution is 0.344. The topological polar surface area (TPSA) is 49.2 Å². The summed E-state index contributed by atoms with van der Waals surface area (Å²) in [5.74, 6) is 3.16. The van der Waals surface area contributed by atoms with E-state index in [1.165, 1.54) is 5.56 Å². The van der Waals surface area contributed by atoms with Crippen molar-refractivity contribution >= 4 is 27.7 Å². The van der Waals surface area contributed by atoms with Crippen molar-refractivity contribution in [2.24, 2.45) is 0 Å². The molecule has 0 aliphatic carbocycles. The number of aryl methyl sites for hydroxylation is 1. The van der Waals surface area contributed by atoms with Gasteiger partial charge in [0.05, 0.1) is 13.7 Å². The van der Waals surface area contributed by atoms with Crippen LogP contribution in [0.5, 0.6) is 11.5 Å². The van der Waals surface area contributed by atoms with Gasteiger partial charge in [-0.25, -0.2) is 0 Å².